The molecule has 6 heteroatoms. The number of nitrogens with two attached hydrogens (primary N) is 1. The van der Waals surface area contributed by atoms with Crippen LogP contribution in [0.4, 0.5) is 11.4 Å². The highest BCUT2D eigenvalue weighted by Gasteiger charge is 2.08. The number of benzene rings is 1. The number of methoxy groups -OCH3 is 1. The van der Waals surface area contributed by atoms with E-state index in [9.17, 15) is 4.79 Å². The quantitative estimate of drug-likeness (QED) is 0.694. The maximum Gasteiger partial charge on any atom is 0.273 e. The van der Waals surface area contributed by atoms with Gasteiger partial charge in [0.1, 0.15) is 11.4 Å². The van der Waals surface area contributed by atoms with Gasteiger partial charge in [0, 0.05) is 11.9 Å². The molecule has 0 atom stereocenters. The smallest absolute Gasteiger partial charge is 0.273 e. The zero-order chi connectivity index (χ0) is 12.3. The predicted molar refractivity (Wildman–Crippen MR) is 63.9 cm³/mol. The first kappa shape index (κ1) is 11.0. The van der Waals surface area contributed by atoms with Gasteiger partial charge in [0.25, 0.3) is 5.91 Å². The number of nitrogen functional groups attached to an aromatic ring is 1. The van der Waals surface area contributed by atoms with Gasteiger partial charge < -0.3 is 15.8 Å². The van der Waals surface area contributed by atoms with Gasteiger partial charge >= 0.3 is 0 Å². The Morgan fingerprint density at radius 1 is 1.47 bits per heavy atom. The van der Waals surface area contributed by atoms with Gasteiger partial charge in [-0.15, -0.1) is 0 Å². The largest absolute Gasteiger partial charge is 0.495 e. The van der Waals surface area contributed by atoms with Crippen LogP contribution in [0.3, 0.4) is 0 Å². The SMILES string of the molecule is COc1ccc(NC(=O)c2ccn[nH]2)cc1N. The third-order valence-electron chi connectivity index (χ3n) is 2.23. The summed E-state index contributed by atoms with van der Waals surface area (Å²) in [6.45, 7) is 0. The fraction of sp³-hybridized carbons (Fsp3) is 0.0909. The van der Waals surface area contributed by atoms with Gasteiger partial charge in [-0.1, -0.05) is 0 Å². The number of H-pyrrole nitrogens is 1. The Morgan fingerprint density at radius 2 is 2.29 bits per heavy atom. The van der Waals surface area contributed by atoms with E-state index >= 15 is 0 Å². The van der Waals surface area contributed by atoms with Crippen molar-refractivity contribution in [2.75, 3.05) is 18.2 Å². The number of hydrogen-bond donors (Lipinski definition) is 3. The van der Waals surface area contributed by atoms with Crippen molar-refractivity contribution in [2.24, 2.45) is 0 Å². The Labute approximate surface area is 97.8 Å². The van der Waals surface area contributed by atoms with Gasteiger partial charge in [-0.25, -0.2) is 0 Å². The molecule has 0 bridgehead atoms. The zero-order valence-electron chi connectivity index (χ0n) is 9.23. The van der Waals surface area contributed by atoms with E-state index in [2.05, 4.69) is 15.5 Å². The first-order valence-electron chi connectivity index (χ1n) is 4.95. The summed E-state index contributed by atoms with van der Waals surface area (Å²) < 4.78 is 5.02. The standard InChI is InChI=1S/C11H12N4O2/c1-17-10-3-2-7(6-8(10)12)14-11(16)9-4-5-13-15-9/h2-6H,12H2,1H3,(H,13,15)(H,14,16). The van der Waals surface area contributed by atoms with Gasteiger partial charge in [0.2, 0.25) is 0 Å². The summed E-state index contributed by atoms with van der Waals surface area (Å²) >= 11 is 0. The average Bonchev–Trinajstić information content (AvgIpc) is 2.82. The number of rotatable bonds is 3. The van der Waals surface area contributed by atoms with Crippen molar-refractivity contribution in [2.45, 2.75) is 0 Å². The highest BCUT2D eigenvalue weighted by Crippen LogP contribution is 2.24. The number of hydrogen-bond acceptors (Lipinski definition) is 4. The summed E-state index contributed by atoms with van der Waals surface area (Å²) in [7, 11) is 1.54. The molecule has 0 unspecified atom stereocenters. The van der Waals surface area contributed by atoms with Crippen LogP contribution in [-0.2, 0) is 0 Å². The van der Waals surface area contributed by atoms with Gasteiger partial charge in [0.05, 0.1) is 12.8 Å². The van der Waals surface area contributed by atoms with Crippen LogP contribution in [0.15, 0.2) is 30.5 Å². The molecule has 0 aliphatic heterocycles. The van der Waals surface area contributed by atoms with Crippen LogP contribution in [0.5, 0.6) is 5.75 Å². The molecule has 0 spiro atoms. The molecule has 0 radical (unpaired) electrons. The summed E-state index contributed by atoms with van der Waals surface area (Å²) in [4.78, 5) is 11.7. The monoisotopic (exact) mass is 232 g/mol. The number of aromatic nitrogens is 2. The van der Waals surface area contributed by atoms with Crippen molar-refractivity contribution in [3.05, 3.63) is 36.2 Å². The van der Waals surface area contributed by atoms with E-state index in [0.717, 1.165) is 0 Å². The van der Waals surface area contributed by atoms with Crippen molar-refractivity contribution >= 4 is 17.3 Å². The lowest BCUT2D eigenvalue weighted by Crippen LogP contribution is -2.12. The minimum Gasteiger partial charge on any atom is -0.495 e. The maximum absolute atomic E-state index is 11.7. The number of carbonyl (C=O) groups excluding carboxylic acids is 1. The summed E-state index contributed by atoms with van der Waals surface area (Å²) in [5, 5.41) is 8.97. The van der Waals surface area contributed by atoms with Gasteiger partial charge in [-0.2, -0.15) is 5.10 Å². The molecule has 4 N–H and O–H groups in total. The lowest BCUT2D eigenvalue weighted by atomic mass is 10.2. The molecule has 0 aliphatic carbocycles. The van der Waals surface area contributed by atoms with E-state index in [-0.39, 0.29) is 5.91 Å². The highest BCUT2D eigenvalue weighted by molar-refractivity contribution is 6.03. The van der Waals surface area contributed by atoms with E-state index in [0.29, 0.717) is 22.8 Å². The van der Waals surface area contributed by atoms with Crippen LogP contribution >= 0.6 is 0 Å². The first-order chi connectivity index (χ1) is 8.20. The van der Waals surface area contributed by atoms with Crippen LogP contribution < -0.4 is 15.8 Å². The molecular formula is C11H12N4O2. The second-order valence-corrected chi connectivity index (χ2v) is 3.38. The number of ether oxygens (including phenoxy) is 1. The Bertz CT molecular complexity index is 522. The minimum atomic E-state index is -0.271. The first-order valence-corrected chi connectivity index (χ1v) is 4.95. The molecule has 2 aromatic rings. The molecule has 17 heavy (non-hydrogen) atoms. The predicted octanol–water partition coefficient (Wildman–Crippen LogP) is 1.25. The Kier molecular flexibility index (Phi) is 2.95. The van der Waals surface area contributed by atoms with Crippen molar-refractivity contribution in [1.82, 2.24) is 10.2 Å². The third-order valence-corrected chi connectivity index (χ3v) is 2.23. The van der Waals surface area contributed by atoms with Crippen molar-refractivity contribution < 1.29 is 9.53 Å². The average molecular weight is 232 g/mol. The van der Waals surface area contributed by atoms with Crippen LogP contribution in [0.2, 0.25) is 0 Å². The van der Waals surface area contributed by atoms with Crippen molar-refractivity contribution in [1.29, 1.82) is 0 Å². The summed E-state index contributed by atoms with van der Waals surface area (Å²) in [6.07, 6.45) is 1.51. The molecule has 0 saturated heterocycles. The maximum atomic E-state index is 11.7. The molecule has 1 aromatic carbocycles. The molecular weight excluding hydrogens is 220 g/mol. The molecule has 1 heterocycles. The Balaban J connectivity index is 2.14. The van der Waals surface area contributed by atoms with Crippen LogP contribution in [0.25, 0.3) is 0 Å². The number of nitrogens with zero attached hydrogens (tertiary/aromatic N) is 1. The van der Waals surface area contributed by atoms with E-state index in [1.165, 1.54) is 13.3 Å². The van der Waals surface area contributed by atoms with E-state index < -0.39 is 0 Å². The van der Waals surface area contributed by atoms with Crippen molar-refractivity contribution in [3.8, 4) is 5.75 Å². The lowest BCUT2D eigenvalue weighted by molar-refractivity contribution is 0.102. The molecule has 1 aromatic heterocycles. The van der Waals surface area contributed by atoms with Gasteiger partial charge in [0.15, 0.2) is 0 Å². The number of nitrogens with one attached hydrogen (secondary N) is 2. The van der Waals surface area contributed by atoms with Crippen LogP contribution in [0.1, 0.15) is 10.5 Å². The Morgan fingerprint density at radius 3 is 2.88 bits per heavy atom. The second-order valence-electron chi connectivity index (χ2n) is 3.38. The zero-order valence-corrected chi connectivity index (χ0v) is 9.23. The third kappa shape index (κ3) is 2.36. The molecule has 6 nitrogen and oxygen atoms in total. The number of anilines is 2. The molecule has 0 saturated carbocycles. The van der Waals surface area contributed by atoms with Gasteiger partial charge in [-0.3, -0.25) is 9.89 Å². The molecule has 2 rings (SSSR count). The number of carbonyl (C=O) groups is 1. The highest BCUT2D eigenvalue weighted by atomic mass is 16.5. The van der Waals surface area contributed by atoms with E-state index in [1.54, 1.807) is 24.3 Å². The molecule has 0 fully saturated rings. The molecule has 88 valence electrons. The summed E-state index contributed by atoms with van der Waals surface area (Å²) in [5.74, 6) is 0.302. The number of amides is 1. The summed E-state index contributed by atoms with van der Waals surface area (Å²) in [6, 6.07) is 6.62. The van der Waals surface area contributed by atoms with Gasteiger partial charge in [-0.05, 0) is 24.3 Å². The Hall–Kier alpha value is -2.50. The second kappa shape index (κ2) is 4.56. The van der Waals surface area contributed by atoms with Crippen LogP contribution in [-0.4, -0.2) is 23.2 Å². The fourth-order valence-electron chi connectivity index (χ4n) is 1.39. The number of aromatic amines is 1. The fourth-order valence-corrected chi connectivity index (χ4v) is 1.39. The lowest BCUT2D eigenvalue weighted by Gasteiger charge is -2.07. The summed E-state index contributed by atoms with van der Waals surface area (Å²) in [5.41, 5.74) is 7.19. The van der Waals surface area contributed by atoms with Crippen molar-refractivity contribution in [3.63, 3.8) is 0 Å². The van der Waals surface area contributed by atoms with E-state index in [1.807, 2.05) is 0 Å². The molecule has 1 amide bonds. The topological polar surface area (TPSA) is 93.0 Å². The minimum absolute atomic E-state index is 0.271. The van der Waals surface area contributed by atoms with Crippen LogP contribution in [0, 0.1) is 0 Å². The normalized spacial score (nSPS) is 9.94. The van der Waals surface area contributed by atoms with E-state index in [4.69, 9.17) is 10.5 Å². The molecule has 0 aliphatic rings.